The van der Waals surface area contributed by atoms with Crippen molar-refractivity contribution in [2.75, 3.05) is 7.11 Å². The number of fused-ring (bicyclic) bond motifs is 3. The molecule has 3 rings (SSSR count). The van der Waals surface area contributed by atoms with E-state index in [1.807, 2.05) is 0 Å². The van der Waals surface area contributed by atoms with Crippen molar-refractivity contribution in [2.45, 2.75) is 18.6 Å². The van der Waals surface area contributed by atoms with E-state index in [9.17, 15) is 14.7 Å². The highest BCUT2D eigenvalue weighted by Crippen LogP contribution is 2.47. The molecule has 0 radical (unpaired) electrons. The third-order valence-corrected chi connectivity index (χ3v) is 3.10. The lowest BCUT2D eigenvalue weighted by atomic mass is 9.99. The molecular formula is C12H10O6. The average Bonchev–Trinajstić information content (AvgIpc) is 2.84. The first-order valence-corrected chi connectivity index (χ1v) is 5.42. The Bertz CT molecular complexity index is 550. The van der Waals surface area contributed by atoms with Gasteiger partial charge in [0, 0.05) is 0 Å². The van der Waals surface area contributed by atoms with Crippen molar-refractivity contribution in [2.24, 2.45) is 0 Å². The van der Waals surface area contributed by atoms with Crippen LogP contribution < -0.4 is 4.74 Å². The van der Waals surface area contributed by atoms with Crippen molar-refractivity contribution in [1.82, 2.24) is 0 Å². The van der Waals surface area contributed by atoms with E-state index in [2.05, 4.69) is 4.74 Å². The summed E-state index contributed by atoms with van der Waals surface area (Å²) in [4.78, 5) is 22.9. The molecule has 1 aromatic carbocycles. The number of rotatable bonds is 1. The molecule has 1 fully saturated rings. The van der Waals surface area contributed by atoms with Gasteiger partial charge in [0.05, 0.1) is 19.1 Å². The maximum Gasteiger partial charge on any atom is 0.342 e. The second-order valence-corrected chi connectivity index (χ2v) is 4.13. The summed E-state index contributed by atoms with van der Waals surface area (Å²) >= 11 is 0. The first-order valence-electron chi connectivity index (χ1n) is 5.42. The summed E-state index contributed by atoms with van der Waals surface area (Å²) in [5, 5.41) is 9.77. The van der Waals surface area contributed by atoms with Gasteiger partial charge in [-0.3, -0.25) is 4.79 Å². The summed E-state index contributed by atoms with van der Waals surface area (Å²) < 4.78 is 15.3. The second-order valence-electron chi connectivity index (χ2n) is 4.13. The van der Waals surface area contributed by atoms with Gasteiger partial charge in [0.25, 0.3) is 0 Å². The molecule has 1 saturated heterocycles. The van der Waals surface area contributed by atoms with E-state index in [4.69, 9.17) is 9.47 Å². The van der Waals surface area contributed by atoms with E-state index in [0.717, 1.165) is 0 Å². The van der Waals surface area contributed by atoms with Gasteiger partial charge >= 0.3 is 11.9 Å². The monoisotopic (exact) mass is 250 g/mol. The van der Waals surface area contributed by atoms with E-state index in [1.165, 1.54) is 13.2 Å². The van der Waals surface area contributed by atoms with Gasteiger partial charge in [0.15, 0.2) is 12.2 Å². The molecule has 2 aliphatic rings. The Hall–Kier alpha value is -2.24. The Morgan fingerprint density at radius 1 is 1.44 bits per heavy atom. The summed E-state index contributed by atoms with van der Waals surface area (Å²) in [6.45, 7) is 0. The molecule has 0 bridgehead atoms. The van der Waals surface area contributed by atoms with Crippen LogP contribution in [0, 0.1) is 0 Å². The molecule has 0 saturated carbocycles. The van der Waals surface area contributed by atoms with Gasteiger partial charge in [-0.25, -0.2) is 4.79 Å². The SMILES string of the molecule is COC(=O)c1c(O)ccc2c1[C@@H]1OC(=O)C[C@@H]1O2. The lowest BCUT2D eigenvalue weighted by molar-refractivity contribution is -0.141. The van der Waals surface area contributed by atoms with Gasteiger partial charge in [0.1, 0.15) is 17.1 Å². The van der Waals surface area contributed by atoms with E-state index in [0.29, 0.717) is 11.3 Å². The maximum absolute atomic E-state index is 11.7. The van der Waals surface area contributed by atoms with Crippen molar-refractivity contribution >= 4 is 11.9 Å². The number of carbonyl (C=O) groups excluding carboxylic acids is 2. The molecule has 6 nitrogen and oxygen atoms in total. The normalized spacial score (nSPS) is 23.9. The molecule has 2 aliphatic heterocycles. The summed E-state index contributed by atoms with van der Waals surface area (Å²) in [6.07, 6.45) is -0.938. The van der Waals surface area contributed by atoms with Crippen LogP contribution in [0.1, 0.15) is 28.4 Å². The molecule has 6 heteroatoms. The van der Waals surface area contributed by atoms with Crippen LogP contribution in [-0.4, -0.2) is 30.3 Å². The topological polar surface area (TPSA) is 82.1 Å². The fourth-order valence-electron chi connectivity index (χ4n) is 2.34. The van der Waals surface area contributed by atoms with E-state index < -0.39 is 18.2 Å². The number of aromatic hydroxyl groups is 1. The zero-order chi connectivity index (χ0) is 12.9. The predicted molar refractivity (Wildman–Crippen MR) is 57.3 cm³/mol. The van der Waals surface area contributed by atoms with Crippen molar-refractivity contribution in [3.05, 3.63) is 23.3 Å². The van der Waals surface area contributed by atoms with Crippen LogP contribution in [0.3, 0.4) is 0 Å². The van der Waals surface area contributed by atoms with Crippen LogP contribution in [0.5, 0.6) is 11.5 Å². The predicted octanol–water partition coefficient (Wildman–Crippen LogP) is 0.928. The number of ether oxygens (including phenoxy) is 3. The summed E-state index contributed by atoms with van der Waals surface area (Å²) in [5.41, 5.74) is 0.384. The summed E-state index contributed by atoms with van der Waals surface area (Å²) in [5.74, 6) is -0.838. The minimum Gasteiger partial charge on any atom is -0.507 e. The van der Waals surface area contributed by atoms with Gasteiger partial charge < -0.3 is 19.3 Å². The first kappa shape index (κ1) is 10.9. The molecule has 1 aromatic rings. The van der Waals surface area contributed by atoms with E-state index >= 15 is 0 Å². The number of hydrogen-bond acceptors (Lipinski definition) is 6. The first-order chi connectivity index (χ1) is 8.61. The highest BCUT2D eigenvalue weighted by molar-refractivity contribution is 5.95. The molecule has 1 N–H and O–H groups in total. The Balaban J connectivity index is 2.15. The third-order valence-electron chi connectivity index (χ3n) is 3.10. The van der Waals surface area contributed by atoms with E-state index in [1.54, 1.807) is 6.07 Å². The Morgan fingerprint density at radius 3 is 2.94 bits per heavy atom. The number of phenolic OH excluding ortho intramolecular Hbond substituents is 1. The van der Waals surface area contributed by atoms with Crippen LogP contribution in [0.2, 0.25) is 0 Å². The van der Waals surface area contributed by atoms with Crippen molar-refractivity contribution in [1.29, 1.82) is 0 Å². The molecule has 2 atom stereocenters. The zero-order valence-corrected chi connectivity index (χ0v) is 9.50. The molecule has 0 aromatic heterocycles. The number of benzene rings is 1. The van der Waals surface area contributed by atoms with Gasteiger partial charge in [0.2, 0.25) is 0 Å². The Morgan fingerprint density at radius 2 is 2.22 bits per heavy atom. The lowest BCUT2D eigenvalue weighted by Crippen LogP contribution is -2.13. The van der Waals surface area contributed by atoms with Gasteiger partial charge in [-0.05, 0) is 12.1 Å². The smallest absolute Gasteiger partial charge is 0.342 e. The molecule has 18 heavy (non-hydrogen) atoms. The number of esters is 2. The fourth-order valence-corrected chi connectivity index (χ4v) is 2.34. The van der Waals surface area contributed by atoms with Gasteiger partial charge in [-0.15, -0.1) is 0 Å². The molecule has 2 heterocycles. The van der Waals surface area contributed by atoms with Crippen LogP contribution in [-0.2, 0) is 14.3 Å². The molecule has 0 spiro atoms. The van der Waals surface area contributed by atoms with Crippen LogP contribution in [0.4, 0.5) is 0 Å². The summed E-state index contributed by atoms with van der Waals surface area (Å²) in [7, 11) is 1.22. The van der Waals surface area contributed by atoms with E-state index in [-0.39, 0.29) is 23.7 Å². The van der Waals surface area contributed by atoms with Crippen molar-refractivity contribution in [3.63, 3.8) is 0 Å². The van der Waals surface area contributed by atoms with Crippen LogP contribution in [0.15, 0.2) is 12.1 Å². The average molecular weight is 250 g/mol. The Kier molecular flexibility index (Phi) is 2.19. The fraction of sp³-hybridized carbons (Fsp3) is 0.333. The standard InChI is InChI=1S/C12H10O6/c1-16-12(15)9-5(13)2-3-6-10(9)11-7(17-6)4-8(14)18-11/h2-3,7,11,13H,4H2,1H3/t7-,11+/m0/s1. The number of phenols is 1. The highest BCUT2D eigenvalue weighted by Gasteiger charge is 2.47. The minimum atomic E-state index is -0.684. The number of carbonyl (C=O) groups is 2. The quantitative estimate of drug-likeness (QED) is 0.746. The molecule has 0 aliphatic carbocycles. The molecule has 94 valence electrons. The van der Waals surface area contributed by atoms with Crippen LogP contribution in [0.25, 0.3) is 0 Å². The van der Waals surface area contributed by atoms with Crippen LogP contribution >= 0.6 is 0 Å². The minimum absolute atomic E-state index is 0.00259. The summed E-state index contributed by atoms with van der Waals surface area (Å²) in [6, 6.07) is 2.90. The number of methoxy groups -OCH3 is 1. The third kappa shape index (κ3) is 1.35. The largest absolute Gasteiger partial charge is 0.507 e. The zero-order valence-electron chi connectivity index (χ0n) is 9.50. The molecule has 0 amide bonds. The maximum atomic E-state index is 11.7. The number of hydrogen-bond donors (Lipinski definition) is 1. The van der Waals surface area contributed by atoms with Crippen molar-refractivity contribution in [3.8, 4) is 11.5 Å². The lowest BCUT2D eigenvalue weighted by Gasteiger charge is -2.11. The van der Waals surface area contributed by atoms with Gasteiger partial charge in [-0.2, -0.15) is 0 Å². The molecular weight excluding hydrogens is 240 g/mol. The Labute approximate surface area is 102 Å². The highest BCUT2D eigenvalue weighted by atomic mass is 16.6. The van der Waals surface area contributed by atoms with Crippen molar-refractivity contribution < 1.29 is 28.9 Å². The molecule has 0 unspecified atom stereocenters. The van der Waals surface area contributed by atoms with Gasteiger partial charge in [-0.1, -0.05) is 0 Å². The second kappa shape index (κ2) is 3.63.